The van der Waals surface area contributed by atoms with Crippen LogP contribution < -0.4 is 5.32 Å². The number of aromatic nitrogens is 2. The van der Waals surface area contributed by atoms with Crippen molar-refractivity contribution in [2.75, 3.05) is 5.32 Å². The Kier molecular flexibility index (Phi) is 5.18. The third kappa shape index (κ3) is 3.74. The lowest BCUT2D eigenvalue weighted by atomic mass is 10.1. The number of para-hydroxylation sites is 1. The number of benzene rings is 2. The number of imidazole rings is 1. The second-order valence-electron chi connectivity index (χ2n) is 6.13. The fraction of sp³-hybridized carbons (Fsp3) is 0.105. The van der Waals surface area contributed by atoms with Gasteiger partial charge in [0.2, 0.25) is 0 Å². The Bertz CT molecular complexity index is 1210. The van der Waals surface area contributed by atoms with Gasteiger partial charge in [0.15, 0.2) is 10.6 Å². The Morgan fingerprint density at radius 1 is 1.25 bits per heavy atom. The molecule has 2 aromatic carbocycles. The molecular weight excluding hydrogens is 380 g/mol. The van der Waals surface area contributed by atoms with Crippen LogP contribution in [-0.2, 0) is 9.59 Å². The highest BCUT2D eigenvalue weighted by Gasteiger charge is 2.18. The quantitative estimate of drug-likeness (QED) is 0.169. The van der Waals surface area contributed by atoms with Gasteiger partial charge < -0.3 is 10.3 Å². The number of fused-ring (bicyclic) bond motifs is 1. The number of aryl methyl sites for hydroxylation is 1. The number of nitro groups is 1. The molecule has 28 heavy (non-hydrogen) atoms. The van der Waals surface area contributed by atoms with Crippen LogP contribution >= 0.6 is 12.2 Å². The number of nitrogens with zero attached hydrogens (tertiary/aromatic N) is 2. The second-order valence-corrected chi connectivity index (χ2v) is 6.51. The molecule has 0 fully saturated rings. The minimum Gasteiger partial charge on any atom is -0.330 e. The van der Waals surface area contributed by atoms with Crippen molar-refractivity contribution in [3.63, 3.8) is 0 Å². The van der Waals surface area contributed by atoms with E-state index in [0.29, 0.717) is 16.7 Å². The lowest BCUT2D eigenvalue weighted by Crippen LogP contribution is -2.20. The number of rotatable bonds is 5. The lowest BCUT2D eigenvalue weighted by molar-refractivity contribution is -0.384. The first-order chi connectivity index (χ1) is 13.3. The van der Waals surface area contributed by atoms with Gasteiger partial charge >= 0.3 is 0 Å². The Hall–Kier alpha value is -3.59. The first-order valence-electron chi connectivity index (χ1n) is 8.26. The van der Waals surface area contributed by atoms with Crippen molar-refractivity contribution in [2.45, 2.75) is 13.8 Å². The predicted molar refractivity (Wildman–Crippen MR) is 109 cm³/mol. The number of hydrogen-bond donors (Lipinski definition) is 2. The number of Topliss-reactive ketones (excluding diaryl/α,β-unsaturated/α-hetero) is 1. The zero-order valence-electron chi connectivity index (χ0n) is 15.1. The Labute approximate surface area is 164 Å². The number of non-ortho nitro benzene ring substituents is 1. The molecule has 3 rings (SSSR count). The number of amides is 1. The van der Waals surface area contributed by atoms with E-state index in [0.717, 1.165) is 5.56 Å². The van der Waals surface area contributed by atoms with Crippen molar-refractivity contribution < 1.29 is 14.5 Å². The molecule has 1 aromatic heterocycles. The Balaban J connectivity index is 2.09. The van der Waals surface area contributed by atoms with E-state index in [1.807, 2.05) is 19.1 Å². The number of aromatic amines is 1. The zero-order valence-corrected chi connectivity index (χ0v) is 15.9. The molecule has 1 amide bonds. The predicted octanol–water partition coefficient (Wildman–Crippen LogP) is 3.98. The molecule has 3 aromatic rings. The van der Waals surface area contributed by atoms with Crippen LogP contribution in [0, 0.1) is 21.8 Å². The van der Waals surface area contributed by atoms with Gasteiger partial charge in [0.25, 0.3) is 11.6 Å². The normalized spacial score (nSPS) is 11.4. The van der Waals surface area contributed by atoms with E-state index >= 15 is 0 Å². The van der Waals surface area contributed by atoms with Gasteiger partial charge in [-0.1, -0.05) is 18.2 Å². The summed E-state index contributed by atoms with van der Waals surface area (Å²) in [5, 5.41) is 13.8. The fourth-order valence-electron chi connectivity index (χ4n) is 2.69. The van der Waals surface area contributed by atoms with E-state index < -0.39 is 16.6 Å². The number of hydrogen-bond acceptors (Lipinski definition) is 5. The Morgan fingerprint density at radius 3 is 2.61 bits per heavy atom. The Morgan fingerprint density at radius 2 is 1.96 bits per heavy atom. The third-order valence-electron chi connectivity index (χ3n) is 4.19. The summed E-state index contributed by atoms with van der Waals surface area (Å²) in [6.45, 7) is 3.10. The van der Waals surface area contributed by atoms with Gasteiger partial charge in [0, 0.05) is 24.0 Å². The van der Waals surface area contributed by atoms with Crippen molar-refractivity contribution in [3.05, 3.63) is 68.5 Å². The van der Waals surface area contributed by atoms with E-state index in [4.69, 9.17) is 12.2 Å². The summed E-state index contributed by atoms with van der Waals surface area (Å²) in [5.74, 6) is -1.06. The van der Waals surface area contributed by atoms with Crippen molar-refractivity contribution >= 4 is 52.5 Å². The molecule has 9 heteroatoms. The van der Waals surface area contributed by atoms with Gasteiger partial charge in [0.05, 0.1) is 21.5 Å². The minimum atomic E-state index is -0.594. The van der Waals surface area contributed by atoms with E-state index in [1.165, 1.54) is 35.9 Å². The zero-order chi connectivity index (χ0) is 20.4. The highest BCUT2D eigenvalue weighted by molar-refractivity contribution is 7.71. The lowest BCUT2D eigenvalue weighted by Gasteiger charge is -2.09. The molecule has 0 unspecified atom stereocenters. The summed E-state index contributed by atoms with van der Waals surface area (Å²) in [5.41, 5.74) is 2.11. The average molecular weight is 396 g/mol. The number of anilines is 1. The molecule has 0 aliphatic heterocycles. The number of carbonyl (C=O) groups is 2. The van der Waals surface area contributed by atoms with Crippen molar-refractivity contribution in [1.82, 2.24) is 9.55 Å². The molecule has 0 saturated heterocycles. The van der Waals surface area contributed by atoms with Gasteiger partial charge in [-0.2, -0.15) is 0 Å². The molecule has 0 aliphatic carbocycles. The van der Waals surface area contributed by atoms with Gasteiger partial charge in [-0.3, -0.25) is 24.3 Å². The molecule has 1 heterocycles. The monoisotopic (exact) mass is 396 g/mol. The second kappa shape index (κ2) is 7.57. The van der Waals surface area contributed by atoms with E-state index in [1.54, 1.807) is 12.1 Å². The summed E-state index contributed by atoms with van der Waals surface area (Å²) in [7, 11) is 0. The molecule has 0 atom stereocenters. The molecule has 2 N–H and O–H groups in total. The minimum absolute atomic E-state index is 0.127. The van der Waals surface area contributed by atoms with Crippen LogP contribution in [0.2, 0.25) is 0 Å². The highest BCUT2D eigenvalue weighted by Crippen LogP contribution is 2.22. The van der Waals surface area contributed by atoms with E-state index in [2.05, 4.69) is 10.3 Å². The molecular formula is C19H16N4O4S. The maximum atomic E-state index is 12.7. The summed E-state index contributed by atoms with van der Waals surface area (Å²) < 4.78 is 1.59. The molecule has 0 radical (unpaired) electrons. The van der Waals surface area contributed by atoms with Gasteiger partial charge in [-0.05, 0) is 43.8 Å². The van der Waals surface area contributed by atoms with Crippen molar-refractivity contribution in [2.24, 2.45) is 0 Å². The van der Waals surface area contributed by atoms with Crippen molar-refractivity contribution in [3.8, 4) is 0 Å². The van der Waals surface area contributed by atoms with Crippen LogP contribution in [0.3, 0.4) is 0 Å². The summed E-state index contributed by atoms with van der Waals surface area (Å²) >= 11 is 5.25. The molecule has 0 spiro atoms. The maximum absolute atomic E-state index is 12.7. The smallest absolute Gasteiger partial charge is 0.271 e. The topological polar surface area (TPSA) is 110 Å². The highest BCUT2D eigenvalue weighted by atomic mass is 32.1. The van der Waals surface area contributed by atoms with Gasteiger partial charge in [-0.15, -0.1) is 0 Å². The van der Waals surface area contributed by atoms with Crippen LogP contribution in [0.25, 0.3) is 17.2 Å². The molecule has 0 bridgehead atoms. The molecule has 142 valence electrons. The van der Waals surface area contributed by atoms with E-state index in [9.17, 15) is 19.7 Å². The largest absolute Gasteiger partial charge is 0.330 e. The third-order valence-corrected chi connectivity index (χ3v) is 4.49. The first kappa shape index (κ1) is 19.2. The number of nitro benzene ring substituents is 1. The molecule has 0 aliphatic rings. The van der Waals surface area contributed by atoms with Crippen LogP contribution in [0.1, 0.15) is 12.5 Å². The summed E-state index contributed by atoms with van der Waals surface area (Å²) in [6.07, 6.45) is 1.29. The van der Waals surface area contributed by atoms with Crippen LogP contribution in [0.15, 0.2) is 48.0 Å². The number of carbonyl (C=O) groups excluding carboxylic acids is 2. The number of nitrogens with one attached hydrogen (secondary N) is 2. The number of ketones is 1. The van der Waals surface area contributed by atoms with Crippen molar-refractivity contribution in [1.29, 1.82) is 0 Å². The van der Waals surface area contributed by atoms with Gasteiger partial charge in [-0.25, -0.2) is 0 Å². The van der Waals surface area contributed by atoms with Crippen LogP contribution in [0.5, 0.6) is 0 Å². The van der Waals surface area contributed by atoms with Crippen LogP contribution in [0.4, 0.5) is 11.4 Å². The average Bonchev–Trinajstić information content (AvgIpc) is 2.95. The summed E-state index contributed by atoms with van der Waals surface area (Å²) in [6, 6.07) is 11.4. The number of H-pyrrole nitrogens is 1. The van der Waals surface area contributed by atoms with E-state index in [-0.39, 0.29) is 16.0 Å². The maximum Gasteiger partial charge on any atom is 0.271 e. The fourth-order valence-corrected chi connectivity index (χ4v) is 2.95. The molecule has 8 nitrogen and oxygen atoms in total. The standard InChI is InChI=1S/C19H16N4O4S/c1-11-5-3-4-6-15(11)20-18(25)14(12(2)24)10-22-17-9-13(23(26)27)7-8-16(17)21-19(22)28/h3-10H,1-2H3,(H,20,25)(H,21,28)/b14-10-. The summed E-state index contributed by atoms with van der Waals surface area (Å²) in [4.78, 5) is 38.2. The van der Waals surface area contributed by atoms with Gasteiger partial charge in [0.1, 0.15) is 0 Å². The first-order valence-corrected chi connectivity index (χ1v) is 8.67. The van der Waals surface area contributed by atoms with Crippen LogP contribution in [-0.4, -0.2) is 26.2 Å². The SMILES string of the molecule is CC(=O)/C(=C/n1c(=S)[nH]c2ccc([N+](=O)[O-])cc21)C(=O)Nc1ccccc1C. The molecule has 0 saturated carbocycles.